The lowest BCUT2D eigenvalue weighted by Gasteiger charge is -2.20. The minimum atomic E-state index is 0.119. The molecule has 2 unspecified atom stereocenters. The van der Waals surface area contributed by atoms with Gasteiger partial charge in [-0.15, -0.1) is 0 Å². The summed E-state index contributed by atoms with van der Waals surface area (Å²) in [6, 6.07) is 2.04. The van der Waals surface area contributed by atoms with E-state index in [9.17, 15) is 0 Å². The van der Waals surface area contributed by atoms with Crippen molar-refractivity contribution in [3.8, 4) is 0 Å². The van der Waals surface area contributed by atoms with E-state index in [-0.39, 0.29) is 6.04 Å². The van der Waals surface area contributed by atoms with Crippen molar-refractivity contribution in [3.05, 3.63) is 24.0 Å². The number of rotatable bonds is 3. The number of aromatic nitrogens is 2. The average molecular weight is 194 g/mol. The predicted molar refractivity (Wildman–Crippen MR) is 51.0 cm³/mol. The van der Waals surface area contributed by atoms with Gasteiger partial charge in [0.25, 0.3) is 0 Å². The topological polar surface area (TPSA) is 73.1 Å². The second kappa shape index (κ2) is 4.45. The Labute approximate surface area is 82.6 Å². The predicted octanol–water partition coefficient (Wildman–Crippen LogP) is 0.0175. The molecule has 0 bridgehead atoms. The summed E-state index contributed by atoms with van der Waals surface area (Å²) in [5, 5.41) is 7.58. The fourth-order valence-electron chi connectivity index (χ4n) is 1.81. The van der Waals surface area contributed by atoms with Crippen LogP contribution < -0.4 is 11.3 Å². The van der Waals surface area contributed by atoms with Crippen molar-refractivity contribution < 1.29 is 4.74 Å². The van der Waals surface area contributed by atoms with Crippen molar-refractivity contribution in [1.82, 2.24) is 15.6 Å². The summed E-state index contributed by atoms with van der Waals surface area (Å²) in [6.07, 6.45) is 4.45. The first-order valence-electron chi connectivity index (χ1n) is 4.72. The van der Waals surface area contributed by atoms with Crippen molar-refractivity contribution in [2.75, 3.05) is 13.2 Å². The second-order valence-electron chi connectivity index (χ2n) is 3.44. The van der Waals surface area contributed by atoms with Crippen LogP contribution in [0.15, 0.2) is 18.5 Å². The lowest BCUT2D eigenvalue weighted by Crippen LogP contribution is -2.34. The molecule has 14 heavy (non-hydrogen) atoms. The number of nitrogens with one attached hydrogen (secondary N) is 1. The maximum atomic E-state index is 5.53. The Kier molecular flexibility index (Phi) is 3.03. The lowest BCUT2D eigenvalue weighted by molar-refractivity contribution is 0.176. The summed E-state index contributed by atoms with van der Waals surface area (Å²) in [5.41, 5.74) is 3.88. The summed E-state index contributed by atoms with van der Waals surface area (Å²) in [5.74, 6) is 5.97. The first kappa shape index (κ1) is 9.51. The molecule has 1 aromatic rings. The molecule has 0 aromatic carbocycles. The summed E-state index contributed by atoms with van der Waals surface area (Å²) in [7, 11) is 0. The number of nitrogens with two attached hydrogens (primary N) is 1. The lowest BCUT2D eigenvalue weighted by atomic mass is 9.94. The average Bonchev–Trinajstić information content (AvgIpc) is 2.74. The number of hydrogen-bond acceptors (Lipinski definition) is 5. The van der Waals surface area contributed by atoms with Crippen molar-refractivity contribution >= 4 is 0 Å². The van der Waals surface area contributed by atoms with Gasteiger partial charge in [-0.25, -0.2) is 0 Å². The summed E-state index contributed by atoms with van der Waals surface area (Å²) >= 11 is 0. The van der Waals surface area contributed by atoms with E-state index in [1.54, 1.807) is 12.4 Å². The van der Waals surface area contributed by atoms with Gasteiger partial charge in [0.05, 0.1) is 18.8 Å². The minimum Gasteiger partial charge on any atom is -0.381 e. The SMILES string of the molecule is NNC(c1ccnnc1)C1CCOC1. The van der Waals surface area contributed by atoms with Crippen LogP contribution in [0.1, 0.15) is 18.0 Å². The molecule has 3 N–H and O–H groups in total. The molecule has 0 aliphatic carbocycles. The Morgan fingerprint density at radius 3 is 3.07 bits per heavy atom. The van der Waals surface area contributed by atoms with Gasteiger partial charge < -0.3 is 4.74 Å². The maximum absolute atomic E-state index is 5.53. The molecule has 0 saturated carbocycles. The fourth-order valence-corrected chi connectivity index (χ4v) is 1.81. The fraction of sp³-hybridized carbons (Fsp3) is 0.556. The highest BCUT2D eigenvalue weighted by atomic mass is 16.5. The molecule has 76 valence electrons. The van der Waals surface area contributed by atoms with Gasteiger partial charge >= 0.3 is 0 Å². The Morgan fingerprint density at radius 1 is 1.57 bits per heavy atom. The van der Waals surface area contributed by atoms with Crippen LogP contribution in [0.2, 0.25) is 0 Å². The first-order chi connectivity index (χ1) is 6.92. The van der Waals surface area contributed by atoms with E-state index in [4.69, 9.17) is 10.6 Å². The zero-order chi connectivity index (χ0) is 9.80. The summed E-state index contributed by atoms with van der Waals surface area (Å²) in [4.78, 5) is 0. The third kappa shape index (κ3) is 1.89. The van der Waals surface area contributed by atoms with Crippen LogP contribution in [-0.2, 0) is 4.74 Å². The van der Waals surface area contributed by atoms with E-state index >= 15 is 0 Å². The van der Waals surface area contributed by atoms with Gasteiger partial charge in [-0.1, -0.05) is 0 Å². The Hall–Kier alpha value is -1.04. The molecular formula is C9H14N4O. The summed E-state index contributed by atoms with van der Waals surface area (Å²) < 4.78 is 5.33. The summed E-state index contributed by atoms with van der Waals surface area (Å²) in [6.45, 7) is 1.58. The van der Waals surface area contributed by atoms with Gasteiger partial charge in [-0.05, 0) is 18.1 Å². The quantitative estimate of drug-likeness (QED) is 0.524. The highest BCUT2D eigenvalue weighted by Gasteiger charge is 2.26. The molecule has 5 nitrogen and oxygen atoms in total. The molecule has 1 aliphatic heterocycles. The normalized spacial score (nSPS) is 23.6. The van der Waals surface area contributed by atoms with E-state index < -0.39 is 0 Å². The van der Waals surface area contributed by atoms with Crippen LogP contribution in [0, 0.1) is 5.92 Å². The highest BCUT2D eigenvalue weighted by molar-refractivity contribution is 5.12. The van der Waals surface area contributed by atoms with Gasteiger partial charge in [-0.2, -0.15) is 10.2 Å². The molecule has 5 heteroatoms. The van der Waals surface area contributed by atoms with Crippen LogP contribution in [-0.4, -0.2) is 23.4 Å². The monoisotopic (exact) mass is 194 g/mol. The molecule has 1 aliphatic rings. The molecule has 2 rings (SSSR count). The van der Waals surface area contributed by atoms with Crippen LogP contribution in [0.25, 0.3) is 0 Å². The first-order valence-corrected chi connectivity index (χ1v) is 4.72. The van der Waals surface area contributed by atoms with Gasteiger partial charge in [0, 0.05) is 18.7 Å². The van der Waals surface area contributed by atoms with Gasteiger partial charge in [0.15, 0.2) is 0 Å². The van der Waals surface area contributed by atoms with Crippen LogP contribution in [0.5, 0.6) is 0 Å². The standard InChI is InChI=1S/C9H14N4O/c10-13-9(8-2-4-14-6-8)7-1-3-11-12-5-7/h1,3,5,8-9,13H,2,4,6,10H2. The number of ether oxygens (including phenoxy) is 1. The van der Waals surface area contributed by atoms with Gasteiger partial charge in [-0.3, -0.25) is 11.3 Å². The smallest absolute Gasteiger partial charge is 0.0544 e. The Bertz CT molecular complexity index is 273. The molecule has 1 aromatic heterocycles. The number of hydrogen-bond donors (Lipinski definition) is 2. The molecule has 1 fully saturated rings. The van der Waals surface area contributed by atoms with Crippen LogP contribution in [0.3, 0.4) is 0 Å². The van der Waals surface area contributed by atoms with Crippen LogP contribution in [0.4, 0.5) is 0 Å². The van der Waals surface area contributed by atoms with E-state index in [1.165, 1.54) is 0 Å². The van der Waals surface area contributed by atoms with E-state index in [2.05, 4.69) is 15.6 Å². The van der Waals surface area contributed by atoms with Crippen molar-refractivity contribution in [2.45, 2.75) is 12.5 Å². The molecular weight excluding hydrogens is 180 g/mol. The van der Waals surface area contributed by atoms with Gasteiger partial charge in [0.2, 0.25) is 0 Å². The molecule has 0 amide bonds. The third-order valence-electron chi connectivity index (χ3n) is 2.58. The Morgan fingerprint density at radius 2 is 2.50 bits per heavy atom. The van der Waals surface area contributed by atoms with Crippen LogP contribution >= 0.6 is 0 Å². The maximum Gasteiger partial charge on any atom is 0.0544 e. The van der Waals surface area contributed by atoms with E-state index in [0.717, 1.165) is 25.2 Å². The molecule has 0 spiro atoms. The number of hydrazine groups is 1. The second-order valence-corrected chi connectivity index (χ2v) is 3.44. The number of nitrogens with zero attached hydrogens (tertiary/aromatic N) is 2. The zero-order valence-corrected chi connectivity index (χ0v) is 7.89. The van der Waals surface area contributed by atoms with Gasteiger partial charge in [0.1, 0.15) is 0 Å². The molecule has 2 atom stereocenters. The molecule has 1 saturated heterocycles. The third-order valence-corrected chi connectivity index (χ3v) is 2.58. The zero-order valence-electron chi connectivity index (χ0n) is 7.89. The van der Waals surface area contributed by atoms with Crippen molar-refractivity contribution in [2.24, 2.45) is 11.8 Å². The van der Waals surface area contributed by atoms with Crippen molar-refractivity contribution in [3.63, 3.8) is 0 Å². The Balaban J connectivity index is 2.12. The van der Waals surface area contributed by atoms with E-state index in [0.29, 0.717) is 5.92 Å². The molecule has 2 heterocycles. The van der Waals surface area contributed by atoms with Crippen molar-refractivity contribution in [1.29, 1.82) is 0 Å². The molecule has 0 radical (unpaired) electrons. The van der Waals surface area contributed by atoms with E-state index in [1.807, 2.05) is 6.07 Å². The minimum absolute atomic E-state index is 0.119. The largest absolute Gasteiger partial charge is 0.381 e. The highest BCUT2D eigenvalue weighted by Crippen LogP contribution is 2.27.